The third kappa shape index (κ3) is 3.83. The Morgan fingerprint density at radius 3 is 2.40 bits per heavy atom. The summed E-state index contributed by atoms with van der Waals surface area (Å²) in [4.78, 5) is 14.4. The van der Waals surface area contributed by atoms with Gasteiger partial charge in [0.2, 0.25) is 5.91 Å². The molecule has 0 spiro atoms. The number of amides is 1. The largest absolute Gasteiger partial charge is 0.340 e. The summed E-state index contributed by atoms with van der Waals surface area (Å²) in [6.07, 6.45) is 2.72. The third-order valence-electron chi connectivity index (χ3n) is 4.24. The lowest BCUT2D eigenvalue weighted by molar-refractivity contribution is -0.132. The molecule has 0 radical (unpaired) electrons. The van der Waals surface area contributed by atoms with Gasteiger partial charge in [0.05, 0.1) is 0 Å². The quantitative estimate of drug-likeness (QED) is 0.895. The summed E-state index contributed by atoms with van der Waals surface area (Å²) in [6, 6.07) is 8.76. The molecule has 1 heterocycles. The van der Waals surface area contributed by atoms with Crippen LogP contribution in [0.1, 0.15) is 43.7 Å². The molecule has 110 valence electrons. The van der Waals surface area contributed by atoms with E-state index in [9.17, 15) is 4.79 Å². The molecule has 3 nitrogen and oxygen atoms in total. The van der Waals surface area contributed by atoms with Gasteiger partial charge in [0.25, 0.3) is 0 Å². The smallest absolute Gasteiger partial charge is 0.223 e. The molecule has 1 amide bonds. The van der Waals surface area contributed by atoms with E-state index in [1.54, 1.807) is 0 Å². The Hall–Kier alpha value is -1.35. The van der Waals surface area contributed by atoms with E-state index in [0.29, 0.717) is 18.2 Å². The minimum Gasteiger partial charge on any atom is -0.340 e. The zero-order chi connectivity index (χ0) is 14.4. The van der Waals surface area contributed by atoms with Crippen LogP contribution in [0, 0.1) is 0 Å². The van der Waals surface area contributed by atoms with Gasteiger partial charge < -0.3 is 10.2 Å². The summed E-state index contributed by atoms with van der Waals surface area (Å²) in [5.41, 5.74) is 2.66. The van der Waals surface area contributed by atoms with Crippen molar-refractivity contribution in [3.05, 3.63) is 35.4 Å². The molecule has 0 aliphatic carbocycles. The van der Waals surface area contributed by atoms with Gasteiger partial charge in [0, 0.05) is 32.6 Å². The molecule has 0 bridgehead atoms. The van der Waals surface area contributed by atoms with E-state index in [2.05, 4.69) is 43.4 Å². The first-order valence-electron chi connectivity index (χ1n) is 7.82. The Labute approximate surface area is 122 Å². The lowest BCUT2D eigenvalue weighted by atomic mass is 9.91. The van der Waals surface area contributed by atoms with Gasteiger partial charge in [0.15, 0.2) is 0 Å². The molecule has 1 atom stereocenters. The predicted octanol–water partition coefficient (Wildman–Crippen LogP) is 2.56. The van der Waals surface area contributed by atoms with Crippen LogP contribution in [0.5, 0.6) is 0 Å². The molecule has 0 saturated carbocycles. The van der Waals surface area contributed by atoms with Crippen LogP contribution in [0.2, 0.25) is 0 Å². The van der Waals surface area contributed by atoms with Gasteiger partial charge >= 0.3 is 0 Å². The minimum absolute atomic E-state index is 0.304. The zero-order valence-corrected chi connectivity index (χ0v) is 12.7. The Morgan fingerprint density at radius 2 is 1.85 bits per heavy atom. The Morgan fingerprint density at radius 1 is 1.20 bits per heavy atom. The second-order valence-corrected chi connectivity index (χ2v) is 5.54. The molecule has 1 aliphatic rings. The van der Waals surface area contributed by atoms with E-state index >= 15 is 0 Å². The molecule has 20 heavy (non-hydrogen) atoms. The van der Waals surface area contributed by atoms with Crippen LogP contribution in [-0.2, 0) is 11.2 Å². The Balaban J connectivity index is 1.98. The maximum Gasteiger partial charge on any atom is 0.223 e. The third-order valence-corrected chi connectivity index (χ3v) is 4.24. The summed E-state index contributed by atoms with van der Waals surface area (Å²) in [5, 5.41) is 3.29. The van der Waals surface area contributed by atoms with Crippen molar-refractivity contribution < 1.29 is 4.79 Å². The summed E-state index contributed by atoms with van der Waals surface area (Å²) >= 11 is 0. The average Bonchev–Trinajstić information content (AvgIpc) is 2.53. The number of piperazine rings is 1. The number of rotatable bonds is 5. The molecule has 1 unspecified atom stereocenters. The van der Waals surface area contributed by atoms with Gasteiger partial charge in [0.1, 0.15) is 0 Å². The molecule has 1 N–H and O–H groups in total. The average molecular weight is 274 g/mol. The first kappa shape index (κ1) is 15.0. The molecule has 1 aromatic carbocycles. The van der Waals surface area contributed by atoms with Gasteiger partial charge in [-0.2, -0.15) is 0 Å². The SMILES string of the molecule is CCc1ccc(C(CC)CC(=O)N2CCNCC2)cc1. The lowest BCUT2D eigenvalue weighted by Gasteiger charge is -2.29. The number of carbonyl (C=O) groups excluding carboxylic acids is 1. The molecule has 1 aromatic rings. The van der Waals surface area contributed by atoms with Crippen LogP contribution in [0.4, 0.5) is 0 Å². The van der Waals surface area contributed by atoms with E-state index in [1.807, 2.05) is 4.90 Å². The van der Waals surface area contributed by atoms with Crippen LogP contribution in [0.15, 0.2) is 24.3 Å². The highest BCUT2D eigenvalue weighted by Gasteiger charge is 2.20. The van der Waals surface area contributed by atoms with Crippen LogP contribution >= 0.6 is 0 Å². The van der Waals surface area contributed by atoms with Crippen molar-refractivity contribution in [2.45, 2.75) is 39.0 Å². The highest BCUT2D eigenvalue weighted by atomic mass is 16.2. The van der Waals surface area contributed by atoms with Crippen LogP contribution < -0.4 is 5.32 Å². The van der Waals surface area contributed by atoms with Crippen molar-refractivity contribution >= 4 is 5.91 Å². The first-order valence-corrected chi connectivity index (χ1v) is 7.82. The number of benzene rings is 1. The second-order valence-electron chi connectivity index (χ2n) is 5.54. The normalized spacial score (nSPS) is 17.0. The maximum atomic E-state index is 12.4. The number of carbonyl (C=O) groups is 1. The topological polar surface area (TPSA) is 32.3 Å². The van der Waals surface area contributed by atoms with E-state index in [0.717, 1.165) is 39.0 Å². The molecule has 1 aliphatic heterocycles. The fraction of sp³-hybridized carbons (Fsp3) is 0.588. The van der Waals surface area contributed by atoms with Gasteiger partial charge in [-0.25, -0.2) is 0 Å². The fourth-order valence-corrected chi connectivity index (χ4v) is 2.78. The maximum absolute atomic E-state index is 12.4. The van der Waals surface area contributed by atoms with Gasteiger partial charge in [-0.05, 0) is 29.9 Å². The molecule has 2 rings (SSSR count). The standard InChI is InChI=1S/C17H26N2O/c1-3-14-5-7-16(8-6-14)15(4-2)13-17(20)19-11-9-18-10-12-19/h5-8,15,18H,3-4,9-13H2,1-2H3. The fourth-order valence-electron chi connectivity index (χ4n) is 2.78. The van der Waals surface area contributed by atoms with Crippen molar-refractivity contribution in [3.8, 4) is 0 Å². The predicted molar refractivity (Wildman–Crippen MR) is 82.9 cm³/mol. The van der Waals surface area contributed by atoms with E-state index in [1.165, 1.54) is 11.1 Å². The highest BCUT2D eigenvalue weighted by Crippen LogP contribution is 2.24. The Kier molecular flexibility index (Phi) is 5.60. The van der Waals surface area contributed by atoms with Gasteiger partial charge in [-0.3, -0.25) is 4.79 Å². The number of hydrogen-bond donors (Lipinski definition) is 1. The molecule has 1 fully saturated rings. The van der Waals surface area contributed by atoms with Crippen LogP contribution in [-0.4, -0.2) is 37.0 Å². The monoisotopic (exact) mass is 274 g/mol. The second kappa shape index (κ2) is 7.44. The number of nitrogens with one attached hydrogen (secondary N) is 1. The van der Waals surface area contributed by atoms with Crippen molar-refractivity contribution in [1.29, 1.82) is 0 Å². The van der Waals surface area contributed by atoms with Crippen molar-refractivity contribution in [2.75, 3.05) is 26.2 Å². The molecular weight excluding hydrogens is 248 g/mol. The first-order chi connectivity index (χ1) is 9.74. The van der Waals surface area contributed by atoms with Crippen LogP contribution in [0.3, 0.4) is 0 Å². The van der Waals surface area contributed by atoms with Gasteiger partial charge in [-0.15, -0.1) is 0 Å². The minimum atomic E-state index is 0.304. The lowest BCUT2D eigenvalue weighted by Crippen LogP contribution is -2.46. The molecular formula is C17H26N2O. The number of nitrogens with zero attached hydrogens (tertiary/aromatic N) is 1. The number of aryl methyl sites for hydroxylation is 1. The molecule has 0 aromatic heterocycles. The molecule has 1 saturated heterocycles. The Bertz CT molecular complexity index is 421. The number of hydrogen-bond acceptors (Lipinski definition) is 2. The summed E-state index contributed by atoms with van der Waals surface area (Å²) in [7, 11) is 0. The zero-order valence-electron chi connectivity index (χ0n) is 12.7. The molecule has 3 heteroatoms. The summed E-state index contributed by atoms with van der Waals surface area (Å²) < 4.78 is 0. The van der Waals surface area contributed by atoms with Crippen LogP contribution in [0.25, 0.3) is 0 Å². The highest BCUT2D eigenvalue weighted by molar-refractivity contribution is 5.77. The van der Waals surface area contributed by atoms with E-state index in [4.69, 9.17) is 0 Å². The summed E-state index contributed by atoms with van der Waals surface area (Å²) in [6.45, 7) is 7.89. The van der Waals surface area contributed by atoms with Crippen molar-refractivity contribution in [2.24, 2.45) is 0 Å². The van der Waals surface area contributed by atoms with E-state index < -0.39 is 0 Å². The van der Waals surface area contributed by atoms with Gasteiger partial charge in [-0.1, -0.05) is 38.1 Å². The van der Waals surface area contributed by atoms with Crippen molar-refractivity contribution in [3.63, 3.8) is 0 Å². The van der Waals surface area contributed by atoms with E-state index in [-0.39, 0.29) is 0 Å². The summed E-state index contributed by atoms with van der Waals surface area (Å²) in [5.74, 6) is 0.654. The van der Waals surface area contributed by atoms with Crippen molar-refractivity contribution in [1.82, 2.24) is 10.2 Å².